The molecular formula is C25H19F3N6OS. The first kappa shape index (κ1) is 23.4. The van der Waals surface area contributed by atoms with Crippen LogP contribution in [-0.2, 0) is 6.18 Å². The Labute approximate surface area is 207 Å². The third-order valence-electron chi connectivity index (χ3n) is 5.48. The maximum atomic E-state index is 13.1. The summed E-state index contributed by atoms with van der Waals surface area (Å²) in [6, 6.07) is 15.9. The number of aromatic nitrogens is 3. The number of para-hydroxylation sites is 2. The Morgan fingerprint density at radius 3 is 2.53 bits per heavy atom. The van der Waals surface area contributed by atoms with E-state index in [1.54, 1.807) is 59.9 Å². The molecule has 0 fully saturated rings. The third kappa shape index (κ3) is 4.60. The van der Waals surface area contributed by atoms with Crippen LogP contribution in [0.2, 0.25) is 0 Å². The van der Waals surface area contributed by atoms with Gasteiger partial charge in [0.15, 0.2) is 5.13 Å². The fourth-order valence-electron chi connectivity index (χ4n) is 3.72. The Morgan fingerprint density at radius 1 is 1.06 bits per heavy atom. The number of rotatable bonds is 5. The minimum absolute atomic E-state index is 0.200. The van der Waals surface area contributed by atoms with Crippen LogP contribution >= 0.6 is 11.3 Å². The van der Waals surface area contributed by atoms with Crippen molar-refractivity contribution in [3.05, 3.63) is 89.1 Å². The summed E-state index contributed by atoms with van der Waals surface area (Å²) in [6.45, 7) is 1.73. The number of amides is 1. The van der Waals surface area contributed by atoms with Crippen LogP contribution in [0.1, 0.15) is 21.6 Å². The highest BCUT2D eigenvalue weighted by Crippen LogP contribution is 2.33. The highest BCUT2D eigenvalue weighted by atomic mass is 32.1. The summed E-state index contributed by atoms with van der Waals surface area (Å²) in [6.07, 6.45) is -3.09. The number of nitrogens with two attached hydrogens (primary N) is 1. The van der Waals surface area contributed by atoms with Crippen LogP contribution in [0.15, 0.2) is 72.2 Å². The van der Waals surface area contributed by atoms with E-state index in [2.05, 4.69) is 20.6 Å². The molecule has 0 unspecified atom stereocenters. The summed E-state index contributed by atoms with van der Waals surface area (Å²) < 4.78 is 40.8. The van der Waals surface area contributed by atoms with E-state index in [-0.39, 0.29) is 11.6 Å². The van der Waals surface area contributed by atoms with Crippen LogP contribution in [0.25, 0.3) is 17.0 Å². The van der Waals surface area contributed by atoms with Crippen molar-refractivity contribution in [2.24, 2.45) is 0 Å². The van der Waals surface area contributed by atoms with Gasteiger partial charge in [-0.25, -0.2) is 9.97 Å². The minimum atomic E-state index is -4.44. The zero-order chi connectivity index (χ0) is 25.4. The second-order valence-electron chi connectivity index (χ2n) is 7.97. The van der Waals surface area contributed by atoms with Crippen molar-refractivity contribution >= 4 is 45.1 Å². The van der Waals surface area contributed by atoms with E-state index in [0.29, 0.717) is 39.2 Å². The van der Waals surface area contributed by atoms with Gasteiger partial charge in [0.25, 0.3) is 5.91 Å². The molecule has 36 heavy (non-hydrogen) atoms. The number of aryl methyl sites for hydroxylation is 1. The molecule has 0 spiro atoms. The lowest BCUT2D eigenvalue weighted by Crippen LogP contribution is -2.13. The van der Waals surface area contributed by atoms with E-state index in [1.165, 1.54) is 17.5 Å². The van der Waals surface area contributed by atoms with Gasteiger partial charge in [0.1, 0.15) is 11.3 Å². The topological polar surface area (TPSA) is 97.3 Å². The molecule has 7 nitrogen and oxygen atoms in total. The van der Waals surface area contributed by atoms with E-state index < -0.39 is 11.7 Å². The Kier molecular flexibility index (Phi) is 5.84. The Bertz CT molecular complexity index is 1570. The van der Waals surface area contributed by atoms with E-state index in [9.17, 15) is 18.0 Å². The van der Waals surface area contributed by atoms with E-state index in [0.717, 1.165) is 17.8 Å². The van der Waals surface area contributed by atoms with Crippen LogP contribution in [0.5, 0.6) is 0 Å². The summed E-state index contributed by atoms with van der Waals surface area (Å²) in [5.41, 5.74) is 9.30. The monoisotopic (exact) mass is 508 g/mol. The predicted molar refractivity (Wildman–Crippen MR) is 135 cm³/mol. The van der Waals surface area contributed by atoms with Crippen LogP contribution in [-0.4, -0.2) is 20.3 Å². The van der Waals surface area contributed by atoms with Gasteiger partial charge in [-0.3, -0.25) is 9.20 Å². The highest BCUT2D eigenvalue weighted by Gasteiger charge is 2.31. The first-order valence-corrected chi connectivity index (χ1v) is 11.6. The van der Waals surface area contributed by atoms with Crippen LogP contribution in [0.3, 0.4) is 0 Å². The number of anilines is 4. The molecule has 1 amide bonds. The first-order valence-electron chi connectivity index (χ1n) is 10.7. The summed E-state index contributed by atoms with van der Waals surface area (Å²) in [5.74, 6) is -0.284. The largest absolute Gasteiger partial charge is 0.416 e. The second kappa shape index (κ2) is 9.00. The van der Waals surface area contributed by atoms with Gasteiger partial charge in [-0.1, -0.05) is 12.1 Å². The Hall–Kier alpha value is -4.38. The second-order valence-corrected chi connectivity index (χ2v) is 8.83. The van der Waals surface area contributed by atoms with Gasteiger partial charge in [0, 0.05) is 22.8 Å². The Balaban J connectivity index is 1.32. The SMILES string of the molecule is Cc1nc2cc(C(F)(F)F)ccn2c1-c1csc(Nc2ccc(C(=O)Nc3ccccc3N)cc2)n1. The number of carbonyl (C=O) groups is 1. The van der Waals surface area contributed by atoms with Crippen LogP contribution in [0, 0.1) is 6.92 Å². The van der Waals surface area contributed by atoms with Crippen LogP contribution < -0.4 is 16.4 Å². The smallest absolute Gasteiger partial charge is 0.397 e. The lowest BCUT2D eigenvalue weighted by atomic mass is 10.2. The molecule has 0 radical (unpaired) electrons. The molecule has 3 heterocycles. The van der Waals surface area contributed by atoms with Crippen molar-refractivity contribution < 1.29 is 18.0 Å². The number of carbonyl (C=O) groups excluding carboxylic acids is 1. The molecule has 182 valence electrons. The zero-order valence-corrected chi connectivity index (χ0v) is 19.6. The third-order valence-corrected chi connectivity index (χ3v) is 6.24. The number of benzene rings is 2. The lowest BCUT2D eigenvalue weighted by molar-refractivity contribution is -0.137. The number of fused-ring (bicyclic) bond motifs is 1. The number of alkyl halides is 3. The van der Waals surface area contributed by atoms with Gasteiger partial charge in [0.05, 0.1) is 28.3 Å². The van der Waals surface area contributed by atoms with Crippen molar-refractivity contribution in [1.29, 1.82) is 0 Å². The lowest BCUT2D eigenvalue weighted by Gasteiger charge is -2.08. The van der Waals surface area contributed by atoms with Crippen molar-refractivity contribution in [3.8, 4) is 11.4 Å². The molecule has 3 aromatic heterocycles. The number of thiazole rings is 1. The molecular weight excluding hydrogens is 489 g/mol. The van der Waals surface area contributed by atoms with Gasteiger partial charge >= 0.3 is 6.18 Å². The molecule has 5 rings (SSSR count). The molecule has 0 saturated carbocycles. The number of nitrogen functional groups attached to an aromatic ring is 1. The number of hydrogen-bond donors (Lipinski definition) is 3. The number of imidazole rings is 1. The van der Waals surface area contributed by atoms with Gasteiger partial charge in [-0.2, -0.15) is 13.2 Å². The zero-order valence-electron chi connectivity index (χ0n) is 18.8. The maximum absolute atomic E-state index is 13.1. The molecule has 0 aliphatic heterocycles. The normalized spacial score (nSPS) is 11.6. The van der Waals surface area contributed by atoms with Gasteiger partial charge in [-0.15, -0.1) is 11.3 Å². The summed E-state index contributed by atoms with van der Waals surface area (Å²) >= 11 is 1.34. The van der Waals surface area contributed by atoms with E-state index in [4.69, 9.17) is 5.73 Å². The van der Waals surface area contributed by atoms with Crippen LogP contribution in [0.4, 0.5) is 35.4 Å². The molecule has 2 aromatic carbocycles. The number of nitrogens with zero attached hydrogens (tertiary/aromatic N) is 3. The summed E-state index contributed by atoms with van der Waals surface area (Å²) in [7, 11) is 0. The maximum Gasteiger partial charge on any atom is 0.416 e. The quantitative estimate of drug-likeness (QED) is 0.240. The van der Waals surface area contributed by atoms with Crippen molar-refractivity contribution in [2.45, 2.75) is 13.1 Å². The van der Waals surface area contributed by atoms with E-state index >= 15 is 0 Å². The molecule has 4 N–H and O–H groups in total. The molecule has 0 atom stereocenters. The standard InChI is InChI=1S/C25H19F3N6OS/c1-14-22(34-11-10-16(25(26,27)28)12-21(34)30-14)20-13-36-24(33-20)31-17-8-6-15(7-9-17)23(35)32-19-5-3-2-4-18(19)29/h2-13H,29H2,1H3,(H,31,33)(H,32,35). The van der Waals surface area contributed by atoms with Gasteiger partial charge in [0.2, 0.25) is 0 Å². The molecule has 0 aliphatic rings. The summed E-state index contributed by atoms with van der Waals surface area (Å²) in [5, 5.41) is 8.36. The first-order chi connectivity index (χ1) is 17.2. The highest BCUT2D eigenvalue weighted by molar-refractivity contribution is 7.14. The number of halogens is 3. The number of hydrogen-bond acceptors (Lipinski definition) is 6. The molecule has 5 aromatic rings. The van der Waals surface area contributed by atoms with Gasteiger partial charge in [-0.05, 0) is 55.5 Å². The van der Waals surface area contributed by atoms with Crippen molar-refractivity contribution in [1.82, 2.24) is 14.4 Å². The molecule has 0 saturated heterocycles. The fourth-order valence-corrected chi connectivity index (χ4v) is 4.44. The average Bonchev–Trinajstić information content (AvgIpc) is 3.42. The van der Waals surface area contributed by atoms with E-state index in [1.807, 2.05) is 5.38 Å². The summed E-state index contributed by atoms with van der Waals surface area (Å²) in [4.78, 5) is 21.4. The molecule has 0 bridgehead atoms. The predicted octanol–water partition coefficient (Wildman–Crippen LogP) is 6.36. The Morgan fingerprint density at radius 2 is 1.81 bits per heavy atom. The number of nitrogens with one attached hydrogen (secondary N) is 2. The number of pyridine rings is 1. The molecule has 0 aliphatic carbocycles. The average molecular weight is 509 g/mol. The van der Waals surface area contributed by atoms with Crippen molar-refractivity contribution in [3.63, 3.8) is 0 Å². The van der Waals surface area contributed by atoms with Gasteiger partial charge < -0.3 is 16.4 Å². The minimum Gasteiger partial charge on any atom is -0.397 e. The molecule has 11 heteroatoms. The fraction of sp³-hybridized carbons (Fsp3) is 0.0800. The van der Waals surface area contributed by atoms with Crippen molar-refractivity contribution in [2.75, 3.05) is 16.4 Å².